The first-order valence-electron chi connectivity index (χ1n) is 5.95. The number of hydrogen-bond donors (Lipinski definition) is 2. The molecule has 1 aromatic rings. The van der Waals surface area contributed by atoms with Crippen molar-refractivity contribution < 1.29 is 24.2 Å². The van der Waals surface area contributed by atoms with Crippen LogP contribution < -0.4 is 10.1 Å². The lowest BCUT2D eigenvalue weighted by Gasteiger charge is -2.06. The van der Waals surface area contributed by atoms with E-state index >= 15 is 0 Å². The summed E-state index contributed by atoms with van der Waals surface area (Å²) >= 11 is 1.41. The Labute approximate surface area is 121 Å². The predicted octanol–water partition coefficient (Wildman–Crippen LogP) is 1.00. The fraction of sp³-hybridized carbons (Fsp3) is 0.385. The predicted molar refractivity (Wildman–Crippen MR) is 75.2 cm³/mol. The summed E-state index contributed by atoms with van der Waals surface area (Å²) in [6.45, 7) is 0.136. The summed E-state index contributed by atoms with van der Waals surface area (Å²) in [6.07, 6.45) is 0. The van der Waals surface area contributed by atoms with Gasteiger partial charge in [0, 0.05) is 11.4 Å². The second-order valence-electron chi connectivity index (χ2n) is 3.76. The number of methoxy groups -OCH3 is 1. The number of rotatable bonds is 9. The van der Waals surface area contributed by atoms with Crippen LogP contribution in [0.5, 0.6) is 5.75 Å². The minimum Gasteiger partial charge on any atom is -0.497 e. The van der Waals surface area contributed by atoms with Gasteiger partial charge in [-0.15, -0.1) is 11.8 Å². The number of benzene rings is 1. The Kier molecular flexibility index (Phi) is 7.52. The average Bonchev–Trinajstić information content (AvgIpc) is 2.45. The number of amides is 1. The molecule has 0 fully saturated rings. The summed E-state index contributed by atoms with van der Waals surface area (Å²) in [5.74, 6) is -0.0730. The fourth-order valence-electron chi connectivity index (χ4n) is 1.29. The molecule has 0 aliphatic heterocycles. The van der Waals surface area contributed by atoms with Crippen LogP contribution in [0.15, 0.2) is 29.2 Å². The highest BCUT2D eigenvalue weighted by atomic mass is 32.2. The molecule has 1 rings (SSSR count). The van der Waals surface area contributed by atoms with Crippen molar-refractivity contribution in [2.45, 2.75) is 4.90 Å². The zero-order valence-electron chi connectivity index (χ0n) is 11.1. The van der Waals surface area contributed by atoms with E-state index < -0.39 is 5.97 Å². The Hall–Kier alpha value is -1.73. The van der Waals surface area contributed by atoms with Crippen LogP contribution in [0.3, 0.4) is 0 Å². The Morgan fingerprint density at radius 3 is 2.60 bits per heavy atom. The number of carbonyl (C=O) groups is 2. The van der Waals surface area contributed by atoms with Crippen LogP contribution in [0, 0.1) is 0 Å². The van der Waals surface area contributed by atoms with Crippen molar-refractivity contribution in [1.82, 2.24) is 5.32 Å². The van der Waals surface area contributed by atoms with E-state index in [1.807, 2.05) is 24.3 Å². The number of thioether (sulfide) groups is 1. The minimum absolute atomic E-state index is 0.121. The molecular weight excluding hydrogens is 282 g/mol. The molecule has 0 aliphatic rings. The van der Waals surface area contributed by atoms with Gasteiger partial charge >= 0.3 is 5.97 Å². The molecule has 6 nitrogen and oxygen atoms in total. The first-order chi connectivity index (χ1) is 9.61. The largest absolute Gasteiger partial charge is 0.497 e. The molecule has 7 heteroatoms. The molecule has 0 aromatic heterocycles. The molecule has 0 saturated heterocycles. The second-order valence-corrected chi connectivity index (χ2v) is 4.81. The van der Waals surface area contributed by atoms with Crippen molar-refractivity contribution in [3.05, 3.63) is 24.3 Å². The van der Waals surface area contributed by atoms with Crippen molar-refractivity contribution in [2.75, 3.05) is 32.6 Å². The number of carbonyl (C=O) groups excluding carboxylic acids is 1. The van der Waals surface area contributed by atoms with Gasteiger partial charge in [-0.1, -0.05) is 0 Å². The van der Waals surface area contributed by atoms with E-state index in [1.54, 1.807) is 7.11 Å². The molecule has 0 saturated carbocycles. The van der Waals surface area contributed by atoms with E-state index in [0.717, 1.165) is 10.6 Å². The van der Waals surface area contributed by atoms with Crippen molar-refractivity contribution >= 4 is 23.6 Å². The van der Waals surface area contributed by atoms with E-state index in [1.165, 1.54) is 11.8 Å². The van der Waals surface area contributed by atoms with Crippen LogP contribution >= 0.6 is 11.8 Å². The van der Waals surface area contributed by atoms with Gasteiger partial charge in [-0.3, -0.25) is 4.79 Å². The Balaban J connectivity index is 2.14. The lowest BCUT2D eigenvalue weighted by Crippen LogP contribution is -2.29. The van der Waals surface area contributed by atoms with Gasteiger partial charge in [0.25, 0.3) is 0 Å². The molecule has 0 bridgehead atoms. The summed E-state index contributed by atoms with van der Waals surface area (Å²) in [7, 11) is 1.60. The summed E-state index contributed by atoms with van der Waals surface area (Å²) in [5, 5.41) is 11.0. The Bertz CT molecular complexity index is 435. The summed E-state index contributed by atoms with van der Waals surface area (Å²) in [6, 6.07) is 7.43. The van der Waals surface area contributed by atoms with Crippen LogP contribution in [-0.2, 0) is 14.3 Å². The number of nitrogens with one attached hydrogen (secondary N) is 1. The van der Waals surface area contributed by atoms with E-state index in [4.69, 9.17) is 14.6 Å². The smallest absolute Gasteiger partial charge is 0.329 e. The van der Waals surface area contributed by atoms with Crippen LogP contribution in [0.4, 0.5) is 0 Å². The minimum atomic E-state index is -1.02. The van der Waals surface area contributed by atoms with Crippen molar-refractivity contribution in [2.24, 2.45) is 0 Å². The van der Waals surface area contributed by atoms with Gasteiger partial charge in [-0.2, -0.15) is 0 Å². The van der Waals surface area contributed by atoms with E-state index in [0.29, 0.717) is 12.3 Å². The maximum atomic E-state index is 11.5. The van der Waals surface area contributed by atoms with Gasteiger partial charge in [-0.05, 0) is 24.3 Å². The Morgan fingerprint density at radius 1 is 1.30 bits per heavy atom. The summed E-state index contributed by atoms with van der Waals surface area (Å²) < 4.78 is 9.84. The Morgan fingerprint density at radius 2 is 2.00 bits per heavy atom. The molecule has 0 aliphatic carbocycles. The summed E-state index contributed by atoms with van der Waals surface area (Å²) in [4.78, 5) is 22.7. The van der Waals surface area contributed by atoms with Gasteiger partial charge in [-0.25, -0.2) is 4.79 Å². The quantitative estimate of drug-likeness (QED) is 0.523. The van der Waals surface area contributed by atoms with E-state index in [9.17, 15) is 9.59 Å². The highest BCUT2D eigenvalue weighted by Gasteiger charge is 2.03. The third kappa shape index (κ3) is 7.01. The lowest BCUT2D eigenvalue weighted by molar-refractivity contribution is -0.142. The first-order valence-corrected chi connectivity index (χ1v) is 6.93. The third-order valence-corrected chi connectivity index (χ3v) is 3.24. The molecule has 110 valence electrons. The van der Waals surface area contributed by atoms with Crippen LogP contribution in [0.1, 0.15) is 0 Å². The standard InChI is InChI=1S/C13H17NO5S/c1-18-10-2-4-11(5-3-10)20-9-12(15)14-6-7-19-8-13(16)17/h2-5H,6-9H2,1H3,(H,14,15)(H,16,17). The molecule has 0 atom stereocenters. The second kappa shape index (κ2) is 9.22. The molecule has 20 heavy (non-hydrogen) atoms. The van der Waals surface area contributed by atoms with Crippen molar-refractivity contribution in [3.8, 4) is 5.75 Å². The zero-order chi connectivity index (χ0) is 14.8. The van der Waals surface area contributed by atoms with Gasteiger partial charge < -0.3 is 19.9 Å². The highest BCUT2D eigenvalue weighted by molar-refractivity contribution is 8.00. The number of ether oxygens (including phenoxy) is 2. The fourth-order valence-corrected chi connectivity index (χ4v) is 2.02. The maximum Gasteiger partial charge on any atom is 0.329 e. The summed E-state index contributed by atoms with van der Waals surface area (Å²) in [5.41, 5.74) is 0. The maximum absolute atomic E-state index is 11.5. The SMILES string of the molecule is COc1ccc(SCC(=O)NCCOCC(=O)O)cc1. The van der Waals surface area contributed by atoms with Crippen molar-refractivity contribution in [1.29, 1.82) is 0 Å². The molecule has 0 spiro atoms. The number of hydrogen-bond acceptors (Lipinski definition) is 5. The molecule has 2 N–H and O–H groups in total. The van der Waals surface area contributed by atoms with Crippen LogP contribution in [0.2, 0.25) is 0 Å². The van der Waals surface area contributed by atoms with Gasteiger partial charge in [0.05, 0.1) is 19.5 Å². The highest BCUT2D eigenvalue weighted by Crippen LogP contribution is 2.20. The van der Waals surface area contributed by atoms with Gasteiger partial charge in [0.1, 0.15) is 12.4 Å². The first kappa shape index (κ1) is 16.3. The zero-order valence-corrected chi connectivity index (χ0v) is 11.9. The number of carboxylic acid groups (broad SMARTS) is 1. The van der Waals surface area contributed by atoms with Gasteiger partial charge in [0.2, 0.25) is 5.91 Å². The van der Waals surface area contributed by atoms with Gasteiger partial charge in [0.15, 0.2) is 0 Å². The van der Waals surface area contributed by atoms with Crippen molar-refractivity contribution in [3.63, 3.8) is 0 Å². The number of aliphatic carboxylic acids is 1. The average molecular weight is 299 g/mol. The molecule has 1 amide bonds. The number of carboxylic acids is 1. The molecule has 0 heterocycles. The third-order valence-electron chi connectivity index (χ3n) is 2.22. The molecular formula is C13H17NO5S. The monoisotopic (exact) mass is 299 g/mol. The van der Waals surface area contributed by atoms with E-state index in [-0.39, 0.29) is 19.1 Å². The molecule has 0 unspecified atom stereocenters. The molecule has 0 radical (unpaired) electrons. The molecule has 1 aromatic carbocycles. The lowest BCUT2D eigenvalue weighted by atomic mass is 10.3. The topological polar surface area (TPSA) is 84.9 Å². The van der Waals surface area contributed by atoms with Crippen LogP contribution in [-0.4, -0.2) is 49.6 Å². The van der Waals surface area contributed by atoms with E-state index in [2.05, 4.69) is 5.32 Å². The van der Waals surface area contributed by atoms with Crippen LogP contribution in [0.25, 0.3) is 0 Å². The normalized spacial score (nSPS) is 10.1.